The van der Waals surface area contributed by atoms with Gasteiger partial charge in [-0.2, -0.15) is 4.98 Å². The van der Waals surface area contributed by atoms with Gasteiger partial charge in [-0.1, -0.05) is 30.3 Å². The Kier molecular flexibility index (Phi) is 4.81. The van der Waals surface area contributed by atoms with Crippen molar-refractivity contribution in [3.05, 3.63) is 63.7 Å². The van der Waals surface area contributed by atoms with Gasteiger partial charge in [0.05, 0.1) is 29.0 Å². The van der Waals surface area contributed by atoms with Gasteiger partial charge in [0.2, 0.25) is 5.95 Å². The van der Waals surface area contributed by atoms with E-state index < -0.39 is 0 Å². The number of aliphatic hydroxyl groups excluding tert-OH is 1. The number of thiazole rings is 1. The highest BCUT2D eigenvalue weighted by atomic mass is 32.1. The maximum Gasteiger partial charge on any atom is 0.222 e. The van der Waals surface area contributed by atoms with Crippen LogP contribution in [0, 0.1) is 0 Å². The summed E-state index contributed by atoms with van der Waals surface area (Å²) in [5.41, 5.74) is 8.97. The van der Waals surface area contributed by atoms with Crippen molar-refractivity contribution >= 4 is 23.1 Å². The number of hydrogen-bond acceptors (Lipinski definition) is 7. The minimum atomic E-state index is -0.217. The van der Waals surface area contributed by atoms with Gasteiger partial charge in [0.15, 0.2) is 0 Å². The summed E-state index contributed by atoms with van der Waals surface area (Å²) in [6.07, 6.45) is 2.11. The summed E-state index contributed by atoms with van der Waals surface area (Å²) in [5.74, 6) is 1.23. The number of aromatic nitrogens is 3. The van der Waals surface area contributed by atoms with Crippen molar-refractivity contribution in [2.45, 2.75) is 37.8 Å². The van der Waals surface area contributed by atoms with Crippen LogP contribution in [0.4, 0.5) is 11.8 Å². The monoisotopic (exact) mass is 367 g/mol. The molecule has 1 aliphatic rings. The Hall–Kier alpha value is -2.51. The Morgan fingerprint density at radius 1 is 1.15 bits per heavy atom. The van der Waals surface area contributed by atoms with Crippen LogP contribution in [0.15, 0.2) is 41.8 Å². The molecule has 1 fully saturated rings. The smallest absolute Gasteiger partial charge is 0.222 e. The third-order valence-electron chi connectivity index (χ3n) is 4.54. The van der Waals surface area contributed by atoms with Crippen LogP contribution in [0.1, 0.15) is 40.7 Å². The molecular weight excluding hydrogens is 346 g/mol. The number of rotatable bonds is 6. The Morgan fingerprint density at radius 3 is 2.73 bits per heavy atom. The van der Waals surface area contributed by atoms with E-state index in [2.05, 4.69) is 37.8 Å². The van der Waals surface area contributed by atoms with Gasteiger partial charge in [-0.25, -0.2) is 9.97 Å². The fraction of sp³-hybridized carbons (Fsp3) is 0.316. The zero-order valence-corrected chi connectivity index (χ0v) is 15.1. The van der Waals surface area contributed by atoms with E-state index in [1.165, 1.54) is 5.56 Å². The first-order chi connectivity index (χ1) is 12.7. The van der Waals surface area contributed by atoms with Crippen molar-refractivity contribution in [1.29, 1.82) is 0 Å². The lowest BCUT2D eigenvalue weighted by Crippen LogP contribution is -2.27. The topological polar surface area (TPSA) is 97.0 Å². The summed E-state index contributed by atoms with van der Waals surface area (Å²) >= 11 is 1.67. The quantitative estimate of drug-likeness (QED) is 0.620. The van der Waals surface area contributed by atoms with Crippen LogP contribution in [0.25, 0.3) is 0 Å². The summed E-state index contributed by atoms with van der Waals surface area (Å²) < 4.78 is 0. The van der Waals surface area contributed by atoms with E-state index in [1.54, 1.807) is 11.3 Å². The number of nitrogens with one attached hydrogen (secondary N) is 1. The van der Waals surface area contributed by atoms with Crippen LogP contribution in [0.2, 0.25) is 0 Å². The molecule has 1 aliphatic carbocycles. The molecule has 1 aromatic carbocycles. The summed E-state index contributed by atoms with van der Waals surface area (Å²) in [6, 6.07) is 12.3. The van der Waals surface area contributed by atoms with Crippen LogP contribution in [-0.2, 0) is 13.0 Å². The second-order valence-corrected chi connectivity index (χ2v) is 7.55. The molecule has 2 aromatic heterocycles. The molecule has 0 bridgehead atoms. The highest BCUT2D eigenvalue weighted by Gasteiger charge is 2.30. The molecule has 0 amide bonds. The molecule has 7 heteroatoms. The van der Waals surface area contributed by atoms with Gasteiger partial charge in [-0.05, 0) is 18.4 Å². The Balaban J connectivity index is 1.38. The van der Waals surface area contributed by atoms with Gasteiger partial charge < -0.3 is 16.2 Å². The van der Waals surface area contributed by atoms with E-state index >= 15 is 0 Å². The number of anilines is 2. The van der Waals surface area contributed by atoms with Crippen molar-refractivity contribution in [3.63, 3.8) is 0 Å². The highest BCUT2D eigenvalue weighted by molar-refractivity contribution is 7.09. The van der Waals surface area contributed by atoms with Gasteiger partial charge in [0, 0.05) is 23.8 Å². The van der Waals surface area contributed by atoms with Crippen LogP contribution in [0.3, 0.4) is 0 Å². The molecule has 2 heterocycles. The summed E-state index contributed by atoms with van der Waals surface area (Å²) in [7, 11) is 0. The van der Waals surface area contributed by atoms with Crippen molar-refractivity contribution in [1.82, 2.24) is 15.0 Å². The molecule has 0 unspecified atom stereocenters. The van der Waals surface area contributed by atoms with Gasteiger partial charge in [-0.15, -0.1) is 11.3 Å². The standard InChI is InChI=1S/C19H21N5OS/c20-19-23-16(13-7-15(25)8-13)9-17(24-19)21-10-14-11-26-18(22-14)6-12-4-2-1-3-5-12/h1-5,9,11,13,15,25H,6-8,10H2,(H3,20,21,23,24). The second-order valence-electron chi connectivity index (χ2n) is 6.61. The van der Waals surface area contributed by atoms with E-state index in [1.807, 2.05) is 24.3 Å². The maximum atomic E-state index is 9.48. The summed E-state index contributed by atoms with van der Waals surface area (Å²) in [5, 5.41) is 15.9. The minimum absolute atomic E-state index is 0.217. The van der Waals surface area contributed by atoms with Gasteiger partial charge in [0.25, 0.3) is 0 Å². The first-order valence-electron chi connectivity index (χ1n) is 8.69. The molecule has 4 rings (SSSR count). The fourth-order valence-corrected chi connectivity index (χ4v) is 3.91. The molecule has 134 valence electrons. The molecule has 6 nitrogen and oxygen atoms in total. The third-order valence-corrected chi connectivity index (χ3v) is 5.44. The van der Waals surface area contributed by atoms with Gasteiger partial charge >= 0.3 is 0 Å². The largest absolute Gasteiger partial charge is 0.393 e. The predicted molar refractivity (Wildman–Crippen MR) is 103 cm³/mol. The Morgan fingerprint density at radius 2 is 1.96 bits per heavy atom. The second kappa shape index (κ2) is 7.39. The highest BCUT2D eigenvalue weighted by Crippen LogP contribution is 2.36. The van der Waals surface area contributed by atoms with Crippen LogP contribution in [-0.4, -0.2) is 26.2 Å². The van der Waals surface area contributed by atoms with Crippen LogP contribution in [0.5, 0.6) is 0 Å². The molecule has 3 aromatic rings. The normalized spacial score (nSPS) is 19.1. The van der Waals surface area contributed by atoms with E-state index in [-0.39, 0.29) is 18.0 Å². The zero-order chi connectivity index (χ0) is 17.9. The average Bonchev–Trinajstić information content (AvgIpc) is 3.05. The van der Waals surface area contributed by atoms with Crippen molar-refractivity contribution in [2.75, 3.05) is 11.1 Å². The number of nitrogens with two attached hydrogens (primary N) is 1. The Labute approximate surface area is 156 Å². The molecule has 0 atom stereocenters. The van der Waals surface area contributed by atoms with Gasteiger partial charge in [-0.3, -0.25) is 0 Å². The van der Waals surface area contributed by atoms with Crippen molar-refractivity contribution < 1.29 is 5.11 Å². The molecule has 0 saturated heterocycles. The summed E-state index contributed by atoms with van der Waals surface area (Å²) in [6.45, 7) is 0.592. The number of nitrogens with zero attached hydrogens (tertiary/aromatic N) is 3. The lowest BCUT2D eigenvalue weighted by Gasteiger charge is -2.30. The maximum absolute atomic E-state index is 9.48. The molecular formula is C19H21N5OS. The number of hydrogen-bond donors (Lipinski definition) is 3. The number of benzene rings is 1. The lowest BCUT2D eigenvalue weighted by molar-refractivity contribution is 0.0732. The molecule has 26 heavy (non-hydrogen) atoms. The van der Waals surface area contributed by atoms with E-state index in [0.29, 0.717) is 12.4 Å². The van der Waals surface area contributed by atoms with Crippen LogP contribution < -0.4 is 11.1 Å². The Bertz CT molecular complexity index is 877. The van der Waals surface area contributed by atoms with E-state index in [9.17, 15) is 5.11 Å². The first-order valence-corrected chi connectivity index (χ1v) is 9.57. The van der Waals surface area contributed by atoms with E-state index in [4.69, 9.17) is 5.73 Å². The lowest BCUT2D eigenvalue weighted by atomic mass is 9.80. The van der Waals surface area contributed by atoms with Crippen LogP contribution >= 0.6 is 11.3 Å². The molecule has 1 saturated carbocycles. The third kappa shape index (κ3) is 4.00. The summed E-state index contributed by atoms with van der Waals surface area (Å²) in [4.78, 5) is 13.2. The zero-order valence-electron chi connectivity index (χ0n) is 14.3. The first kappa shape index (κ1) is 16.9. The van der Waals surface area contributed by atoms with Gasteiger partial charge in [0.1, 0.15) is 5.82 Å². The van der Waals surface area contributed by atoms with Crippen molar-refractivity contribution in [2.24, 2.45) is 0 Å². The SMILES string of the molecule is Nc1nc(NCc2csc(Cc3ccccc3)n2)cc(C2CC(O)C2)n1. The molecule has 0 spiro atoms. The van der Waals surface area contributed by atoms with E-state index in [0.717, 1.165) is 35.7 Å². The number of nitrogen functional groups attached to an aromatic ring is 1. The molecule has 0 radical (unpaired) electrons. The fourth-order valence-electron chi connectivity index (χ4n) is 3.08. The average molecular weight is 367 g/mol. The molecule has 0 aliphatic heterocycles. The predicted octanol–water partition coefficient (Wildman–Crippen LogP) is 2.96. The number of aliphatic hydroxyl groups is 1. The van der Waals surface area contributed by atoms with Crippen molar-refractivity contribution in [3.8, 4) is 0 Å². The molecule has 4 N–H and O–H groups in total. The minimum Gasteiger partial charge on any atom is -0.393 e.